The molecule has 0 spiro atoms. The molecule has 0 unspecified atom stereocenters. The summed E-state index contributed by atoms with van der Waals surface area (Å²) in [7, 11) is 2.02. The van der Waals surface area contributed by atoms with Crippen molar-refractivity contribution < 1.29 is 14.3 Å². The van der Waals surface area contributed by atoms with Crippen LogP contribution in [0.15, 0.2) is 65.6 Å². The Morgan fingerprint density at radius 3 is 2.58 bits per heavy atom. The van der Waals surface area contributed by atoms with Crippen LogP contribution in [-0.4, -0.2) is 37.5 Å². The second-order valence-corrected chi connectivity index (χ2v) is 10.1. The molecule has 36 heavy (non-hydrogen) atoms. The predicted octanol–water partition coefficient (Wildman–Crippen LogP) is 4.60. The summed E-state index contributed by atoms with van der Waals surface area (Å²) in [5, 5.41) is 5.40. The van der Waals surface area contributed by atoms with Gasteiger partial charge in [-0.15, -0.1) is 0 Å². The minimum atomic E-state index is -0.534. The number of aromatic nitrogens is 3. The fourth-order valence-corrected chi connectivity index (χ4v) is 4.58. The summed E-state index contributed by atoms with van der Waals surface area (Å²) in [6.45, 7) is 7.08. The highest BCUT2D eigenvalue weighted by Crippen LogP contribution is 2.32. The van der Waals surface area contributed by atoms with Gasteiger partial charge in [0.2, 0.25) is 0 Å². The summed E-state index contributed by atoms with van der Waals surface area (Å²) in [6.07, 6.45) is 2.00. The lowest BCUT2D eigenvalue weighted by Crippen LogP contribution is -2.40. The summed E-state index contributed by atoms with van der Waals surface area (Å²) in [5.74, 6) is 0.428. The highest BCUT2D eigenvalue weighted by atomic mass is 16.6. The number of carbonyl (C=O) groups excluding carboxylic acids is 1. The molecule has 0 N–H and O–H groups in total. The molecule has 2 aromatic heterocycles. The molecule has 1 amide bonds. The van der Waals surface area contributed by atoms with E-state index in [-0.39, 0.29) is 11.7 Å². The predicted molar refractivity (Wildman–Crippen MR) is 137 cm³/mol. The van der Waals surface area contributed by atoms with Gasteiger partial charge in [0.05, 0.1) is 23.9 Å². The molecule has 0 radical (unpaired) electrons. The van der Waals surface area contributed by atoms with Crippen LogP contribution in [0.2, 0.25) is 0 Å². The topological polar surface area (TPSA) is 78.6 Å². The van der Waals surface area contributed by atoms with Gasteiger partial charge >= 0.3 is 6.09 Å². The second kappa shape index (κ2) is 9.18. The third kappa shape index (κ3) is 4.71. The lowest BCUT2D eigenvalue weighted by molar-refractivity contribution is 0.0223. The van der Waals surface area contributed by atoms with Crippen LogP contribution in [-0.2, 0) is 31.4 Å². The molecule has 0 aliphatic carbocycles. The molecule has 1 aliphatic rings. The van der Waals surface area contributed by atoms with Crippen molar-refractivity contribution in [1.82, 2.24) is 19.2 Å². The normalized spacial score (nSPS) is 13.5. The molecular weight excluding hydrogens is 456 g/mol. The zero-order valence-electron chi connectivity index (χ0n) is 21.0. The Labute approximate surface area is 209 Å². The van der Waals surface area contributed by atoms with E-state index >= 15 is 0 Å². The lowest BCUT2D eigenvalue weighted by atomic mass is 10.0. The average molecular weight is 487 g/mol. The Hall–Kier alpha value is -4.07. The highest BCUT2D eigenvalue weighted by Gasteiger charge is 2.29. The number of fused-ring (bicyclic) bond motifs is 3. The molecule has 5 rings (SSSR count). The standard InChI is InChI=1S/C28H30N4O4/c1-28(2,3)36-27(34)31-13-12-24-23(17-31)22-11-10-20(14-25(22)30(24)4)32-26(33)15-21(16-29-32)35-18-19-8-6-5-7-9-19/h5-11,14-16H,12-13,17-18H2,1-4H3. The van der Waals surface area contributed by atoms with Gasteiger partial charge in [-0.3, -0.25) is 4.79 Å². The number of nitrogens with zero attached hydrogens (tertiary/aromatic N) is 4. The zero-order chi connectivity index (χ0) is 25.4. The Morgan fingerprint density at radius 1 is 1.08 bits per heavy atom. The summed E-state index contributed by atoms with van der Waals surface area (Å²) < 4.78 is 14.8. The smallest absolute Gasteiger partial charge is 0.410 e. The maximum absolute atomic E-state index is 12.9. The molecule has 8 heteroatoms. The van der Waals surface area contributed by atoms with Crippen LogP contribution >= 0.6 is 0 Å². The Kier molecular flexibility index (Phi) is 6.04. The van der Waals surface area contributed by atoms with Crippen LogP contribution in [0.5, 0.6) is 5.75 Å². The van der Waals surface area contributed by atoms with E-state index in [0.717, 1.165) is 28.5 Å². The van der Waals surface area contributed by atoms with Crippen LogP contribution < -0.4 is 10.3 Å². The number of hydrogen-bond acceptors (Lipinski definition) is 5. The Morgan fingerprint density at radius 2 is 1.86 bits per heavy atom. The molecule has 0 bridgehead atoms. The van der Waals surface area contributed by atoms with Gasteiger partial charge in [0.1, 0.15) is 18.0 Å². The van der Waals surface area contributed by atoms with E-state index in [1.54, 1.807) is 11.1 Å². The molecule has 4 aromatic rings. The van der Waals surface area contributed by atoms with Crippen molar-refractivity contribution in [3.63, 3.8) is 0 Å². The zero-order valence-corrected chi connectivity index (χ0v) is 21.0. The van der Waals surface area contributed by atoms with Crippen molar-refractivity contribution in [2.75, 3.05) is 6.54 Å². The molecule has 0 fully saturated rings. The number of hydrogen-bond donors (Lipinski definition) is 0. The first-order valence-corrected chi connectivity index (χ1v) is 12.0. The Bertz CT molecular complexity index is 1480. The van der Waals surface area contributed by atoms with Gasteiger partial charge < -0.3 is 18.9 Å². The summed E-state index contributed by atoms with van der Waals surface area (Å²) in [4.78, 5) is 27.2. The first-order chi connectivity index (χ1) is 17.2. The number of amides is 1. The van der Waals surface area contributed by atoms with Crippen molar-refractivity contribution in [3.05, 3.63) is 88.0 Å². The number of benzene rings is 2. The molecule has 1 aliphatic heterocycles. The van der Waals surface area contributed by atoms with E-state index < -0.39 is 5.60 Å². The molecule has 3 heterocycles. The maximum Gasteiger partial charge on any atom is 0.410 e. The van der Waals surface area contributed by atoms with E-state index in [1.807, 2.05) is 76.3 Å². The van der Waals surface area contributed by atoms with E-state index in [1.165, 1.54) is 16.4 Å². The van der Waals surface area contributed by atoms with Crippen molar-refractivity contribution in [1.29, 1.82) is 0 Å². The quantitative estimate of drug-likeness (QED) is 0.421. The molecular formula is C28H30N4O4. The fourth-order valence-electron chi connectivity index (χ4n) is 4.58. The van der Waals surface area contributed by atoms with Crippen molar-refractivity contribution in [2.45, 2.75) is 45.9 Å². The van der Waals surface area contributed by atoms with Gasteiger partial charge in [-0.2, -0.15) is 9.78 Å². The number of rotatable bonds is 4. The summed E-state index contributed by atoms with van der Waals surface area (Å²) in [5.41, 5.74) is 4.17. The van der Waals surface area contributed by atoms with E-state index in [0.29, 0.717) is 31.1 Å². The van der Waals surface area contributed by atoms with Crippen molar-refractivity contribution >= 4 is 17.0 Å². The molecule has 0 saturated heterocycles. The average Bonchev–Trinajstić information content (AvgIpc) is 3.13. The van der Waals surface area contributed by atoms with Crippen LogP contribution in [0, 0.1) is 0 Å². The second-order valence-electron chi connectivity index (χ2n) is 10.1. The van der Waals surface area contributed by atoms with Crippen molar-refractivity contribution in [3.8, 4) is 11.4 Å². The maximum atomic E-state index is 12.9. The third-order valence-corrected chi connectivity index (χ3v) is 6.31. The van der Waals surface area contributed by atoms with Gasteiger partial charge in [0.15, 0.2) is 0 Å². The van der Waals surface area contributed by atoms with E-state index in [4.69, 9.17) is 9.47 Å². The summed E-state index contributed by atoms with van der Waals surface area (Å²) in [6, 6.07) is 17.1. The van der Waals surface area contributed by atoms with E-state index in [2.05, 4.69) is 9.67 Å². The first-order valence-electron chi connectivity index (χ1n) is 12.0. The minimum Gasteiger partial charge on any atom is -0.487 e. The first kappa shape index (κ1) is 23.7. The molecule has 2 aromatic carbocycles. The lowest BCUT2D eigenvalue weighted by Gasteiger charge is -2.30. The number of carbonyl (C=O) groups is 1. The van der Waals surface area contributed by atoms with Gasteiger partial charge in [-0.1, -0.05) is 36.4 Å². The number of aryl methyl sites for hydroxylation is 1. The Balaban J connectivity index is 1.39. The molecule has 0 atom stereocenters. The SMILES string of the molecule is Cn1c2c(c3ccc(-n4ncc(OCc5ccccc5)cc4=O)cc31)CN(C(=O)OC(C)(C)C)CC2. The number of ether oxygens (including phenoxy) is 2. The van der Waals surface area contributed by atoms with Gasteiger partial charge in [-0.25, -0.2) is 4.79 Å². The molecule has 8 nitrogen and oxygen atoms in total. The molecule has 0 saturated carbocycles. The van der Waals surface area contributed by atoms with E-state index in [9.17, 15) is 9.59 Å². The monoisotopic (exact) mass is 486 g/mol. The van der Waals surface area contributed by atoms with Crippen LogP contribution in [0.3, 0.4) is 0 Å². The van der Waals surface area contributed by atoms with Gasteiger partial charge in [0, 0.05) is 42.7 Å². The van der Waals surface area contributed by atoms with Crippen LogP contribution in [0.4, 0.5) is 4.79 Å². The van der Waals surface area contributed by atoms with Gasteiger partial charge in [0.25, 0.3) is 5.56 Å². The summed E-state index contributed by atoms with van der Waals surface area (Å²) >= 11 is 0. The minimum absolute atomic E-state index is 0.269. The van der Waals surface area contributed by atoms with Crippen LogP contribution in [0.25, 0.3) is 16.6 Å². The highest BCUT2D eigenvalue weighted by molar-refractivity contribution is 5.88. The largest absolute Gasteiger partial charge is 0.487 e. The van der Waals surface area contributed by atoms with Crippen molar-refractivity contribution in [2.24, 2.45) is 7.05 Å². The molecule has 186 valence electrons. The third-order valence-electron chi connectivity index (χ3n) is 6.31. The van der Waals surface area contributed by atoms with Crippen LogP contribution in [0.1, 0.15) is 37.6 Å². The fraction of sp³-hybridized carbons (Fsp3) is 0.321. The van der Waals surface area contributed by atoms with Gasteiger partial charge in [-0.05, 0) is 38.5 Å².